The zero-order chi connectivity index (χ0) is 15.7. The molecule has 0 fully saturated rings. The molecule has 1 aromatic rings. The predicted octanol–water partition coefficient (Wildman–Crippen LogP) is 0.996. The number of anilines is 1. The molecule has 7 nitrogen and oxygen atoms in total. The predicted molar refractivity (Wildman–Crippen MR) is 80.4 cm³/mol. The summed E-state index contributed by atoms with van der Waals surface area (Å²) in [6.45, 7) is 0. The van der Waals surface area contributed by atoms with E-state index < -0.39 is 12.0 Å². The first-order valence-electron chi connectivity index (χ1n) is 5.95. The number of amides is 2. The second kappa shape index (κ2) is 9.19. The van der Waals surface area contributed by atoms with Crippen LogP contribution in [0.25, 0.3) is 0 Å². The Bertz CT molecular complexity index is 515. The van der Waals surface area contributed by atoms with E-state index in [1.807, 2.05) is 0 Å². The summed E-state index contributed by atoms with van der Waals surface area (Å²) < 4.78 is 0. The van der Waals surface area contributed by atoms with Gasteiger partial charge in [0.05, 0.1) is 11.4 Å². The van der Waals surface area contributed by atoms with Crippen molar-refractivity contribution < 1.29 is 19.5 Å². The van der Waals surface area contributed by atoms with E-state index in [1.54, 1.807) is 12.1 Å². The highest BCUT2D eigenvalue weighted by Gasteiger charge is 2.15. The average Bonchev–Trinajstić information content (AvgIpc) is 2.44. The largest absolute Gasteiger partial charge is 0.480 e. The van der Waals surface area contributed by atoms with Gasteiger partial charge >= 0.3 is 5.97 Å². The van der Waals surface area contributed by atoms with Gasteiger partial charge in [-0.1, -0.05) is 11.6 Å². The molecule has 0 saturated heterocycles. The lowest BCUT2D eigenvalue weighted by Crippen LogP contribution is -2.36. The van der Waals surface area contributed by atoms with Crippen molar-refractivity contribution in [3.63, 3.8) is 0 Å². The quantitative estimate of drug-likeness (QED) is 0.354. The van der Waals surface area contributed by atoms with Crippen molar-refractivity contribution in [3.05, 3.63) is 23.5 Å². The summed E-state index contributed by atoms with van der Waals surface area (Å²) in [5.74, 6) is -0.788. The van der Waals surface area contributed by atoms with Crippen LogP contribution in [0.3, 0.4) is 0 Å². The fraction of sp³-hybridized carbons (Fsp3) is 0.333. The highest BCUT2D eigenvalue weighted by atomic mass is 35.5. The van der Waals surface area contributed by atoms with Crippen LogP contribution in [0.5, 0.6) is 0 Å². The zero-order valence-electron chi connectivity index (χ0n) is 10.9. The molecule has 1 heterocycles. The average molecular weight is 332 g/mol. The zero-order valence-corrected chi connectivity index (χ0v) is 12.5. The second-order valence-electron chi connectivity index (χ2n) is 3.91. The maximum absolute atomic E-state index is 11.7. The summed E-state index contributed by atoms with van der Waals surface area (Å²) in [4.78, 5) is 36.5. The number of halogens is 1. The molecule has 114 valence electrons. The number of carbonyl (C=O) groups is 3. The number of nitrogens with zero attached hydrogens (tertiary/aromatic N) is 1. The van der Waals surface area contributed by atoms with Crippen molar-refractivity contribution in [1.82, 2.24) is 10.3 Å². The number of carboxylic acids is 1. The van der Waals surface area contributed by atoms with Gasteiger partial charge < -0.3 is 15.7 Å². The third-order valence-electron chi connectivity index (χ3n) is 2.38. The van der Waals surface area contributed by atoms with Crippen molar-refractivity contribution in [3.8, 4) is 0 Å². The van der Waals surface area contributed by atoms with E-state index >= 15 is 0 Å². The van der Waals surface area contributed by atoms with Crippen molar-refractivity contribution in [2.45, 2.75) is 12.5 Å². The smallest absolute Gasteiger partial charge is 0.326 e. The normalized spacial score (nSPS) is 11.5. The Morgan fingerprint density at radius 3 is 2.90 bits per heavy atom. The minimum atomic E-state index is -1.10. The van der Waals surface area contributed by atoms with Crippen LogP contribution in [0.1, 0.15) is 6.42 Å². The van der Waals surface area contributed by atoms with Gasteiger partial charge in [0.1, 0.15) is 6.04 Å². The number of carbonyl (C=O) groups excluding carboxylic acids is 2. The van der Waals surface area contributed by atoms with Gasteiger partial charge in [0.15, 0.2) is 5.15 Å². The molecular weight excluding hydrogens is 318 g/mol. The molecule has 2 amide bonds. The lowest BCUT2D eigenvalue weighted by atomic mass is 10.2. The fourth-order valence-corrected chi connectivity index (χ4v) is 2.36. The molecule has 1 unspecified atom stereocenters. The van der Waals surface area contributed by atoms with Crippen LogP contribution in [-0.4, -0.2) is 45.9 Å². The van der Waals surface area contributed by atoms with Crippen LogP contribution in [0, 0.1) is 0 Å². The number of hydrogen-bond donors (Lipinski definition) is 3. The summed E-state index contributed by atoms with van der Waals surface area (Å²) in [6.07, 6.45) is 2.10. The Morgan fingerprint density at radius 2 is 2.29 bits per heavy atom. The number of rotatable bonds is 9. The molecular formula is C12H14ClN3O4S. The van der Waals surface area contributed by atoms with Gasteiger partial charge in [-0.25, -0.2) is 9.78 Å². The topological polar surface area (TPSA) is 108 Å². The molecule has 21 heavy (non-hydrogen) atoms. The minimum Gasteiger partial charge on any atom is -0.480 e. The monoisotopic (exact) mass is 331 g/mol. The Balaban J connectivity index is 2.29. The van der Waals surface area contributed by atoms with E-state index in [1.165, 1.54) is 18.0 Å². The second-order valence-corrected chi connectivity index (χ2v) is 5.37. The molecule has 0 aliphatic heterocycles. The molecule has 0 aliphatic carbocycles. The number of pyridine rings is 1. The van der Waals surface area contributed by atoms with Crippen LogP contribution in [-0.2, 0) is 14.4 Å². The SMILES string of the molecule is O=CNC(CCSCC(=O)Nc1cccnc1Cl)C(=O)O. The van der Waals surface area contributed by atoms with E-state index in [0.29, 0.717) is 17.9 Å². The number of aliphatic carboxylic acids is 1. The van der Waals surface area contributed by atoms with Gasteiger partial charge in [0.2, 0.25) is 12.3 Å². The van der Waals surface area contributed by atoms with Crippen molar-refractivity contribution in [2.75, 3.05) is 16.8 Å². The van der Waals surface area contributed by atoms with Gasteiger partial charge in [-0.2, -0.15) is 11.8 Å². The van der Waals surface area contributed by atoms with E-state index in [9.17, 15) is 14.4 Å². The molecule has 0 spiro atoms. The van der Waals surface area contributed by atoms with Crippen molar-refractivity contribution in [2.24, 2.45) is 0 Å². The van der Waals surface area contributed by atoms with Crippen LogP contribution < -0.4 is 10.6 Å². The Hall–Kier alpha value is -1.80. The third kappa shape index (κ3) is 6.46. The molecule has 0 saturated carbocycles. The summed E-state index contributed by atoms with van der Waals surface area (Å²) in [6, 6.07) is 2.34. The first-order valence-corrected chi connectivity index (χ1v) is 7.48. The summed E-state index contributed by atoms with van der Waals surface area (Å²) in [7, 11) is 0. The van der Waals surface area contributed by atoms with E-state index in [4.69, 9.17) is 16.7 Å². The number of thioether (sulfide) groups is 1. The van der Waals surface area contributed by atoms with E-state index in [-0.39, 0.29) is 23.2 Å². The maximum Gasteiger partial charge on any atom is 0.326 e. The highest BCUT2D eigenvalue weighted by molar-refractivity contribution is 7.99. The standard InChI is InChI=1S/C12H14ClN3O4S/c13-11-8(2-1-4-14-11)16-10(18)6-21-5-3-9(12(19)20)15-7-17/h1-2,4,7,9H,3,5-6H2,(H,15,17)(H,16,18)(H,19,20). The first kappa shape index (κ1) is 17.3. The number of aromatic nitrogens is 1. The van der Waals surface area contributed by atoms with Gasteiger partial charge in [0.25, 0.3) is 0 Å². The molecule has 0 bridgehead atoms. The van der Waals surface area contributed by atoms with Gasteiger partial charge in [-0.3, -0.25) is 9.59 Å². The maximum atomic E-state index is 11.7. The minimum absolute atomic E-state index is 0.151. The Labute approximate surface area is 130 Å². The van der Waals surface area contributed by atoms with Crippen molar-refractivity contribution in [1.29, 1.82) is 0 Å². The Morgan fingerprint density at radius 1 is 1.52 bits per heavy atom. The summed E-state index contributed by atoms with van der Waals surface area (Å²) >= 11 is 7.06. The lowest BCUT2D eigenvalue weighted by Gasteiger charge is -2.10. The van der Waals surface area contributed by atoms with Crippen LogP contribution in [0.4, 0.5) is 5.69 Å². The Kier molecular flexibility index (Phi) is 7.55. The highest BCUT2D eigenvalue weighted by Crippen LogP contribution is 2.17. The molecule has 9 heteroatoms. The first-order chi connectivity index (χ1) is 10.0. The molecule has 3 N–H and O–H groups in total. The van der Waals surface area contributed by atoms with Crippen molar-refractivity contribution >= 4 is 47.3 Å². The molecule has 1 aromatic heterocycles. The molecule has 0 radical (unpaired) electrons. The van der Waals surface area contributed by atoms with Crippen LogP contribution >= 0.6 is 23.4 Å². The van der Waals surface area contributed by atoms with E-state index in [2.05, 4.69) is 15.6 Å². The number of nitrogens with one attached hydrogen (secondary N) is 2. The summed E-state index contributed by atoms with van der Waals surface area (Å²) in [5.41, 5.74) is 0.427. The number of hydrogen-bond acceptors (Lipinski definition) is 5. The van der Waals surface area contributed by atoms with Crippen LogP contribution in [0.2, 0.25) is 5.15 Å². The third-order valence-corrected chi connectivity index (χ3v) is 3.68. The van der Waals surface area contributed by atoms with Crippen LogP contribution in [0.15, 0.2) is 18.3 Å². The van der Waals surface area contributed by atoms with E-state index in [0.717, 1.165) is 0 Å². The van der Waals surface area contributed by atoms with Gasteiger partial charge in [-0.15, -0.1) is 0 Å². The molecule has 1 rings (SSSR count). The van der Waals surface area contributed by atoms with Gasteiger partial charge in [-0.05, 0) is 24.3 Å². The lowest BCUT2D eigenvalue weighted by molar-refractivity contribution is -0.140. The molecule has 0 aromatic carbocycles. The fourth-order valence-electron chi connectivity index (χ4n) is 1.39. The number of carboxylic acid groups (broad SMARTS) is 1. The van der Waals surface area contributed by atoms with Gasteiger partial charge in [0, 0.05) is 6.20 Å². The molecule has 1 atom stereocenters. The molecule has 0 aliphatic rings. The summed E-state index contributed by atoms with van der Waals surface area (Å²) in [5, 5.41) is 13.8.